The highest BCUT2D eigenvalue weighted by Gasteiger charge is 2.35. The summed E-state index contributed by atoms with van der Waals surface area (Å²) in [5.41, 5.74) is -0.345. The number of anilines is 3. The third kappa shape index (κ3) is 4.78. The molecule has 2 heterocycles. The minimum atomic E-state index is -4.63. The molecule has 7 nitrogen and oxygen atoms in total. The normalized spacial score (nSPS) is 14.5. The van der Waals surface area contributed by atoms with Crippen LogP contribution in [0.3, 0.4) is 0 Å². The van der Waals surface area contributed by atoms with Crippen molar-refractivity contribution < 1.29 is 27.1 Å². The average molecular weight is 427 g/mol. The topological polar surface area (TPSA) is 79.4 Å². The van der Waals surface area contributed by atoms with E-state index in [-0.39, 0.29) is 29.7 Å². The molecule has 30 heavy (non-hydrogen) atoms. The van der Waals surface area contributed by atoms with Gasteiger partial charge < -0.3 is 20.3 Å². The van der Waals surface area contributed by atoms with Gasteiger partial charge in [0.25, 0.3) is 5.91 Å². The molecule has 0 bridgehead atoms. The standard InChI is InChI=1S/C19H21F4N5O2/c1-3-24-16-13(19(21,22)23)10-25-18(27-16)26-15-8-11(2)12(9-14(15)20)17(29)28-4-6-30-7-5-28/h8-10H,3-7H2,1-2H3,(H2,24,25,26,27). The molecule has 11 heteroatoms. The molecule has 0 aliphatic carbocycles. The fraction of sp³-hybridized carbons (Fsp3) is 0.421. The summed E-state index contributed by atoms with van der Waals surface area (Å²) in [6, 6.07) is 2.50. The van der Waals surface area contributed by atoms with E-state index in [1.54, 1.807) is 18.7 Å². The third-order valence-corrected chi connectivity index (χ3v) is 4.53. The van der Waals surface area contributed by atoms with Crippen molar-refractivity contribution in [2.24, 2.45) is 0 Å². The van der Waals surface area contributed by atoms with Crippen molar-refractivity contribution in [1.29, 1.82) is 0 Å². The molecule has 0 unspecified atom stereocenters. The number of nitrogens with one attached hydrogen (secondary N) is 2. The summed E-state index contributed by atoms with van der Waals surface area (Å²) in [4.78, 5) is 21.7. The zero-order valence-electron chi connectivity index (χ0n) is 16.4. The second-order valence-corrected chi connectivity index (χ2v) is 6.66. The number of halogens is 4. The van der Waals surface area contributed by atoms with Gasteiger partial charge in [-0.05, 0) is 31.5 Å². The maximum absolute atomic E-state index is 14.7. The maximum atomic E-state index is 14.7. The molecule has 2 N–H and O–H groups in total. The first kappa shape index (κ1) is 21.8. The van der Waals surface area contributed by atoms with Crippen LogP contribution < -0.4 is 10.6 Å². The van der Waals surface area contributed by atoms with E-state index in [1.165, 1.54) is 6.07 Å². The molecule has 1 aromatic heterocycles. The zero-order chi connectivity index (χ0) is 21.9. The summed E-state index contributed by atoms with van der Waals surface area (Å²) >= 11 is 0. The van der Waals surface area contributed by atoms with Crippen LogP contribution in [0.15, 0.2) is 18.3 Å². The van der Waals surface area contributed by atoms with Gasteiger partial charge >= 0.3 is 6.18 Å². The Kier molecular flexibility index (Phi) is 6.40. The molecule has 1 aromatic carbocycles. The number of carbonyl (C=O) groups is 1. The van der Waals surface area contributed by atoms with Crippen LogP contribution >= 0.6 is 0 Å². The van der Waals surface area contributed by atoms with E-state index in [9.17, 15) is 22.4 Å². The molecule has 1 fully saturated rings. The molecule has 1 aliphatic rings. The first-order valence-electron chi connectivity index (χ1n) is 9.33. The number of aromatic nitrogens is 2. The number of carbonyl (C=O) groups excluding carboxylic acids is 1. The Morgan fingerprint density at radius 2 is 1.97 bits per heavy atom. The first-order valence-corrected chi connectivity index (χ1v) is 9.33. The molecule has 1 amide bonds. The third-order valence-electron chi connectivity index (χ3n) is 4.53. The lowest BCUT2D eigenvalue weighted by Crippen LogP contribution is -2.41. The summed E-state index contributed by atoms with van der Waals surface area (Å²) in [7, 11) is 0. The lowest BCUT2D eigenvalue weighted by Gasteiger charge is -2.27. The summed E-state index contributed by atoms with van der Waals surface area (Å²) in [5, 5.41) is 5.12. The number of hydrogen-bond donors (Lipinski definition) is 2. The van der Waals surface area contributed by atoms with E-state index in [2.05, 4.69) is 20.6 Å². The number of nitrogens with zero attached hydrogens (tertiary/aromatic N) is 3. The van der Waals surface area contributed by atoms with Crippen molar-refractivity contribution in [2.75, 3.05) is 43.5 Å². The second-order valence-electron chi connectivity index (χ2n) is 6.66. The molecule has 3 rings (SSSR count). The monoisotopic (exact) mass is 427 g/mol. The molecule has 0 atom stereocenters. The smallest absolute Gasteiger partial charge is 0.378 e. The van der Waals surface area contributed by atoms with Crippen molar-refractivity contribution >= 4 is 23.4 Å². The Morgan fingerprint density at radius 3 is 2.60 bits per heavy atom. The van der Waals surface area contributed by atoms with Gasteiger partial charge in [0, 0.05) is 31.4 Å². The van der Waals surface area contributed by atoms with Crippen LogP contribution in [0.5, 0.6) is 0 Å². The van der Waals surface area contributed by atoms with Crippen LogP contribution in [0, 0.1) is 12.7 Å². The highest BCUT2D eigenvalue weighted by atomic mass is 19.4. The van der Waals surface area contributed by atoms with Crippen LogP contribution in [0.2, 0.25) is 0 Å². The number of alkyl halides is 3. The van der Waals surface area contributed by atoms with Gasteiger partial charge in [-0.1, -0.05) is 0 Å². The van der Waals surface area contributed by atoms with Gasteiger partial charge in [0.2, 0.25) is 5.95 Å². The van der Waals surface area contributed by atoms with Gasteiger partial charge in [-0.2, -0.15) is 18.2 Å². The van der Waals surface area contributed by atoms with Crippen LogP contribution in [-0.4, -0.2) is 53.6 Å². The lowest BCUT2D eigenvalue weighted by molar-refractivity contribution is -0.137. The summed E-state index contributed by atoms with van der Waals surface area (Å²) in [6.07, 6.45) is -3.99. The van der Waals surface area contributed by atoms with Crippen LogP contribution in [-0.2, 0) is 10.9 Å². The number of hydrogen-bond acceptors (Lipinski definition) is 6. The Morgan fingerprint density at radius 1 is 1.27 bits per heavy atom. The van der Waals surface area contributed by atoms with Crippen molar-refractivity contribution in [3.63, 3.8) is 0 Å². The lowest BCUT2D eigenvalue weighted by atomic mass is 10.1. The molecular formula is C19H21F4N5O2. The zero-order valence-corrected chi connectivity index (χ0v) is 16.4. The Labute approximate surface area is 170 Å². The molecule has 0 saturated carbocycles. The minimum Gasteiger partial charge on any atom is -0.378 e. The number of amides is 1. The van der Waals surface area contributed by atoms with Gasteiger partial charge in [0.1, 0.15) is 17.2 Å². The summed E-state index contributed by atoms with van der Waals surface area (Å²) in [6.45, 7) is 5.18. The highest BCUT2D eigenvalue weighted by molar-refractivity contribution is 5.96. The molecule has 1 aliphatic heterocycles. The first-order chi connectivity index (χ1) is 14.2. The number of morpholine rings is 1. The van der Waals surface area contributed by atoms with E-state index < -0.39 is 23.4 Å². The molecule has 0 spiro atoms. The van der Waals surface area contributed by atoms with Gasteiger partial charge in [0.15, 0.2) is 0 Å². The Hall–Kier alpha value is -2.95. The van der Waals surface area contributed by atoms with E-state index in [1.807, 2.05) is 0 Å². The average Bonchev–Trinajstić information content (AvgIpc) is 2.70. The predicted octanol–water partition coefficient (Wildman–Crippen LogP) is 3.59. The van der Waals surface area contributed by atoms with Crippen molar-refractivity contribution in [1.82, 2.24) is 14.9 Å². The largest absolute Gasteiger partial charge is 0.421 e. The second kappa shape index (κ2) is 8.82. The van der Waals surface area contributed by atoms with Crippen molar-refractivity contribution in [3.8, 4) is 0 Å². The van der Waals surface area contributed by atoms with Gasteiger partial charge in [0.05, 0.1) is 18.9 Å². The van der Waals surface area contributed by atoms with Crippen molar-refractivity contribution in [2.45, 2.75) is 20.0 Å². The van der Waals surface area contributed by atoms with Crippen molar-refractivity contribution in [3.05, 3.63) is 40.8 Å². The molecular weight excluding hydrogens is 406 g/mol. The van der Waals surface area contributed by atoms with E-state index in [0.29, 0.717) is 38.1 Å². The van der Waals surface area contributed by atoms with Gasteiger partial charge in [-0.3, -0.25) is 4.79 Å². The van der Waals surface area contributed by atoms with Gasteiger partial charge in [-0.25, -0.2) is 9.37 Å². The van der Waals surface area contributed by atoms with E-state index >= 15 is 0 Å². The Balaban J connectivity index is 1.86. The van der Waals surface area contributed by atoms with Crippen LogP contribution in [0.25, 0.3) is 0 Å². The maximum Gasteiger partial charge on any atom is 0.421 e. The highest BCUT2D eigenvalue weighted by Crippen LogP contribution is 2.34. The Bertz CT molecular complexity index is 930. The summed E-state index contributed by atoms with van der Waals surface area (Å²) < 4.78 is 59.1. The SMILES string of the molecule is CCNc1nc(Nc2cc(C)c(C(=O)N3CCOCC3)cc2F)ncc1C(F)(F)F. The van der Waals surface area contributed by atoms with E-state index in [4.69, 9.17) is 4.74 Å². The molecule has 162 valence electrons. The van der Waals surface area contributed by atoms with Crippen LogP contribution in [0.1, 0.15) is 28.4 Å². The number of rotatable bonds is 5. The fourth-order valence-corrected chi connectivity index (χ4v) is 3.02. The summed E-state index contributed by atoms with van der Waals surface area (Å²) in [5.74, 6) is -1.66. The molecule has 0 radical (unpaired) electrons. The number of benzene rings is 1. The van der Waals surface area contributed by atoms with E-state index in [0.717, 1.165) is 6.07 Å². The fourth-order valence-electron chi connectivity index (χ4n) is 3.02. The predicted molar refractivity (Wildman–Crippen MR) is 102 cm³/mol. The number of ether oxygens (including phenoxy) is 1. The number of aryl methyl sites for hydroxylation is 1. The van der Waals surface area contributed by atoms with Gasteiger partial charge in [-0.15, -0.1) is 0 Å². The van der Waals surface area contributed by atoms with Crippen LogP contribution in [0.4, 0.5) is 35.0 Å². The molecule has 1 saturated heterocycles. The minimum absolute atomic E-state index is 0.0479. The molecule has 2 aromatic rings. The quantitative estimate of drug-likeness (QED) is 0.710.